The topological polar surface area (TPSA) is 39.1 Å². The summed E-state index contributed by atoms with van der Waals surface area (Å²) in [5.41, 5.74) is 2.45. The van der Waals surface area contributed by atoms with Crippen LogP contribution in [0.1, 0.15) is 24.5 Å². The Morgan fingerprint density at radius 3 is 2.63 bits per heavy atom. The first-order chi connectivity index (χ1) is 9.31. The molecule has 2 rings (SSSR count). The summed E-state index contributed by atoms with van der Waals surface area (Å²) in [5.74, 6) is 0.827. The van der Waals surface area contributed by atoms with Crippen LogP contribution in [0.15, 0.2) is 36.7 Å². The van der Waals surface area contributed by atoms with E-state index in [4.69, 9.17) is 4.74 Å². The standard InChI is InChI=1S/C15H21N3O/c1-3-8-18-11-15(10-17-18)19-12-14-6-4-13(5-7-14)9-16-2/h4-7,10-11,16H,3,8-9,12H2,1-2H3. The molecule has 1 aromatic heterocycles. The third-order valence-corrected chi connectivity index (χ3v) is 2.87. The van der Waals surface area contributed by atoms with Crippen LogP contribution in [0.2, 0.25) is 0 Å². The highest BCUT2D eigenvalue weighted by molar-refractivity contribution is 5.22. The highest BCUT2D eigenvalue weighted by Crippen LogP contribution is 2.12. The quantitative estimate of drug-likeness (QED) is 0.830. The fourth-order valence-electron chi connectivity index (χ4n) is 1.89. The van der Waals surface area contributed by atoms with E-state index in [0.717, 1.165) is 25.3 Å². The predicted molar refractivity (Wildman–Crippen MR) is 76.1 cm³/mol. The number of benzene rings is 1. The SMILES string of the molecule is CCCn1cc(OCc2ccc(CNC)cc2)cn1. The van der Waals surface area contributed by atoms with Gasteiger partial charge in [0, 0.05) is 13.1 Å². The van der Waals surface area contributed by atoms with Crippen molar-refractivity contribution in [1.82, 2.24) is 15.1 Å². The molecule has 0 atom stereocenters. The number of ether oxygens (including phenoxy) is 1. The second-order valence-electron chi connectivity index (χ2n) is 4.57. The van der Waals surface area contributed by atoms with E-state index in [9.17, 15) is 0 Å². The second-order valence-corrected chi connectivity index (χ2v) is 4.57. The first-order valence-electron chi connectivity index (χ1n) is 6.69. The van der Waals surface area contributed by atoms with Crippen molar-refractivity contribution in [3.8, 4) is 5.75 Å². The van der Waals surface area contributed by atoms with Crippen molar-refractivity contribution < 1.29 is 4.74 Å². The average molecular weight is 259 g/mol. The van der Waals surface area contributed by atoms with Crippen LogP contribution in [0.5, 0.6) is 5.75 Å². The first kappa shape index (κ1) is 13.6. The van der Waals surface area contributed by atoms with Crippen molar-refractivity contribution in [2.75, 3.05) is 7.05 Å². The summed E-state index contributed by atoms with van der Waals surface area (Å²) in [6.45, 7) is 4.54. The fraction of sp³-hybridized carbons (Fsp3) is 0.400. The number of hydrogen-bond acceptors (Lipinski definition) is 3. The van der Waals surface area contributed by atoms with Crippen LogP contribution in [-0.4, -0.2) is 16.8 Å². The summed E-state index contributed by atoms with van der Waals surface area (Å²) < 4.78 is 7.63. The van der Waals surface area contributed by atoms with Gasteiger partial charge in [-0.05, 0) is 24.6 Å². The van der Waals surface area contributed by atoms with Crippen LogP contribution in [0.3, 0.4) is 0 Å². The van der Waals surface area contributed by atoms with Crippen LogP contribution in [0.25, 0.3) is 0 Å². The molecule has 0 unspecified atom stereocenters. The maximum Gasteiger partial charge on any atom is 0.157 e. The van der Waals surface area contributed by atoms with Crippen LogP contribution in [0.4, 0.5) is 0 Å². The molecule has 0 radical (unpaired) electrons. The van der Waals surface area contributed by atoms with E-state index in [1.165, 1.54) is 11.1 Å². The van der Waals surface area contributed by atoms with Crippen LogP contribution >= 0.6 is 0 Å². The van der Waals surface area contributed by atoms with Gasteiger partial charge in [-0.2, -0.15) is 5.10 Å². The lowest BCUT2D eigenvalue weighted by molar-refractivity contribution is 0.305. The van der Waals surface area contributed by atoms with Crippen molar-refractivity contribution in [1.29, 1.82) is 0 Å². The van der Waals surface area contributed by atoms with Crippen LogP contribution in [-0.2, 0) is 19.7 Å². The molecule has 1 heterocycles. The summed E-state index contributed by atoms with van der Waals surface area (Å²) in [4.78, 5) is 0. The summed E-state index contributed by atoms with van der Waals surface area (Å²) in [5, 5.41) is 7.37. The van der Waals surface area contributed by atoms with Gasteiger partial charge in [-0.3, -0.25) is 4.68 Å². The van der Waals surface area contributed by atoms with Gasteiger partial charge in [0.15, 0.2) is 5.75 Å². The minimum absolute atomic E-state index is 0.581. The van der Waals surface area contributed by atoms with Gasteiger partial charge in [-0.1, -0.05) is 31.2 Å². The molecular weight excluding hydrogens is 238 g/mol. The normalized spacial score (nSPS) is 10.6. The molecule has 0 aliphatic heterocycles. The molecule has 1 aromatic carbocycles. The molecule has 0 fully saturated rings. The Hall–Kier alpha value is -1.81. The van der Waals surface area contributed by atoms with E-state index in [-0.39, 0.29) is 0 Å². The van der Waals surface area contributed by atoms with E-state index < -0.39 is 0 Å². The molecule has 4 heteroatoms. The van der Waals surface area contributed by atoms with Gasteiger partial charge in [-0.15, -0.1) is 0 Å². The molecule has 0 saturated carbocycles. The molecule has 102 valence electrons. The molecule has 0 aliphatic rings. The smallest absolute Gasteiger partial charge is 0.157 e. The lowest BCUT2D eigenvalue weighted by Gasteiger charge is -2.05. The minimum atomic E-state index is 0.581. The van der Waals surface area contributed by atoms with Gasteiger partial charge >= 0.3 is 0 Å². The van der Waals surface area contributed by atoms with Crippen molar-refractivity contribution in [3.63, 3.8) is 0 Å². The average Bonchev–Trinajstić information content (AvgIpc) is 2.87. The highest BCUT2D eigenvalue weighted by Gasteiger charge is 2.00. The van der Waals surface area contributed by atoms with Crippen LogP contribution < -0.4 is 10.1 Å². The Kier molecular flexibility index (Phi) is 4.98. The van der Waals surface area contributed by atoms with E-state index in [1.807, 2.05) is 17.9 Å². The Balaban J connectivity index is 1.86. The van der Waals surface area contributed by atoms with Gasteiger partial charge in [0.05, 0.1) is 12.4 Å². The Labute approximate surface area is 114 Å². The molecule has 0 aliphatic carbocycles. The van der Waals surface area contributed by atoms with E-state index in [2.05, 4.69) is 41.6 Å². The van der Waals surface area contributed by atoms with E-state index >= 15 is 0 Å². The summed E-state index contributed by atoms with van der Waals surface area (Å²) >= 11 is 0. The Bertz CT molecular complexity index is 490. The van der Waals surface area contributed by atoms with Gasteiger partial charge in [-0.25, -0.2) is 0 Å². The van der Waals surface area contributed by atoms with E-state index in [0.29, 0.717) is 6.61 Å². The maximum absolute atomic E-state index is 5.72. The first-order valence-corrected chi connectivity index (χ1v) is 6.69. The molecule has 0 bridgehead atoms. The number of hydrogen-bond donors (Lipinski definition) is 1. The Morgan fingerprint density at radius 2 is 1.95 bits per heavy atom. The summed E-state index contributed by atoms with van der Waals surface area (Å²) in [6, 6.07) is 8.44. The third kappa shape index (κ3) is 4.10. The number of rotatable bonds is 7. The van der Waals surface area contributed by atoms with Crippen molar-refractivity contribution in [3.05, 3.63) is 47.8 Å². The molecule has 19 heavy (non-hydrogen) atoms. The number of aryl methyl sites for hydroxylation is 1. The molecule has 0 saturated heterocycles. The molecular formula is C15H21N3O. The largest absolute Gasteiger partial charge is 0.486 e. The van der Waals surface area contributed by atoms with Gasteiger partial charge in [0.2, 0.25) is 0 Å². The zero-order valence-corrected chi connectivity index (χ0v) is 11.6. The van der Waals surface area contributed by atoms with Crippen LogP contribution in [0, 0.1) is 0 Å². The zero-order valence-electron chi connectivity index (χ0n) is 11.6. The lowest BCUT2D eigenvalue weighted by Crippen LogP contribution is -2.05. The molecule has 1 N–H and O–H groups in total. The predicted octanol–water partition coefficient (Wildman–Crippen LogP) is 2.59. The molecule has 4 nitrogen and oxygen atoms in total. The monoisotopic (exact) mass is 259 g/mol. The summed E-state index contributed by atoms with van der Waals surface area (Å²) in [7, 11) is 1.95. The van der Waals surface area contributed by atoms with Crippen molar-refractivity contribution in [2.24, 2.45) is 0 Å². The maximum atomic E-state index is 5.72. The third-order valence-electron chi connectivity index (χ3n) is 2.87. The van der Waals surface area contributed by atoms with Crippen molar-refractivity contribution in [2.45, 2.75) is 33.0 Å². The minimum Gasteiger partial charge on any atom is -0.486 e. The van der Waals surface area contributed by atoms with E-state index in [1.54, 1.807) is 6.20 Å². The number of aromatic nitrogens is 2. The molecule has 0 amide bonds. The molecule has 2 aromatic rings. The van der Waals surface area contributed by atoms with Gasteiger partial charge < -0.3 is 10.1 Å². The number of nitrogens with one attached hydrogen (secondary N) is 1. The zero-order chi connectivity index (χ0) is 13.5. The molecule has 0 spiro atoms. The van der Waals surface area contributed by atoms with Gasteiger partial charge in [0.25, 0.3) is 0 Å². The highest BCUT2D eigenvalue weighted by atomic mass is 16.5. The Morgan fingerprint density at radius 1 is 1.21 bits per heavy atom. The second kappa shape index (κ2) is 6.95. The summed E-state index contributed by atoms with van der Waals surface area (Å²) in [6.07, 6.45) is 4.79. The van der Waals surface area contributed by atoms with Gasteiger partial charge in [0.1, 0.15) is 6.61 Å². The number of nitrogens with zero attached hydrogens (tertiary/aromatic N) is 2. The fourth-order valence-corrected chi connectivity index (χ4v) is 1.89. The lowest BCUT2D eigenvalue weighted by atomic mass is 10.1. The van der Waals surface area contributed by atoms with Crippen molar-refractivity contribution >= 4 is 0 Å².